The molecule has 0 spiro atoms. The third kappa shape index (κ3) is 7.24. The van der Waals surface area contributed by atoms with E-state index in [2.05, 4.69) is 21.2 Å². The fraction of sp³-hybridized carbons (Fsp3) is 0.250. The van der Waals surface area contributed by atoms with Crippen LogP contribution in [0.2, 0.25) is 5.02 Å². The molecule has 2 unspecified atom stereocenters. The number of hydrogen-bond donors (Lipinski definition) is 1. The normalized spacial score (nSPS) is 18.4. The fourth-order valence-corrected chi connectivity index (χ4v) is 6.26. The Morgan fingerprint density at radius 1 is 1.11 bits per heavy atom. The maximum Gasteiger partial charge on any atom is 0.248 e. The van der Waals surface area contributed by atoms with Gasteiger partial charge in [0.05, 0.1) is 17.1 Å². The Hall–Kier alpha value is -2.69. The first-order valence-electron chi connectivity index (χ1n) is 12.0. The lowest BCUT2D eigenvalue weighted by Gasteiger charge is -2.34. The van der Waals surface area contributed by atoms with E-state index in [1.54, 1.807) is 36.4 Å². The van der Waals surface area contributed by atoms with Crippen molar-refractivity contribution in [1.29, 1.82) is 0 Å². The predicted octanol–water partition coefficient (Wildman–Crippen LogP) is 6.13. The van der Waals surface area contributed by atoms with E-state index < -0.39 is 10.0 Å². The lowest BCUT2D eigenvalue weighted by molar-refractivity contribution is -0.111. The maximum absolute atomic E-state index is 13.0. The van der Waals surface area contributed by atoms with Crippen LogP contribution >= 0.6 is 27.5 Å². The summed E-state index contributed by atoms with van der Waals surface area (Å²) in [5, 5.41) is 3.26. The van der Waals surface area contributed by atoms with Gasteiger partial charge in [0.15, 0.2) is 0 Å². The molecular weight excluding hydrogens is 592 g/mol. The number of anilines is 1. The first kappa shape index (κ1) is 28.3. The second-order valence-electron chi connectivity index (χ2n) is 8.99. The monoisotopic (exact) mass is 618 g/mol. The second-order valence-corrected chi connectivity index (χ2v) is 12.2. The van der Waals surface area contributed by atoms with Crippen LogP contribution in [0.5, 0.6) is 5.75 Å². The SMILES string of the molecule is CC1CN(S(=O)(=O)c2ccc(NC(=O)/C=C/c3cc(Cl)ccc3OCc3ccccc3Br)cc2)CC(C)O1. The number of carbonyl (C=O) groups excluding carboxylic acids is 1. The lowest BCUT2D eigenvalue weighted by Crippen LogP contribution is -2.48. The Balaban J connectivity index is 1.41. The molecule has 3 aromatic carbocycles. The molecule has 1 aliphatic rings. The van der Waals surface area contributed by atoms with Gasteiger partial charge in [0.25, 0.3) is 0 Å². The van der Waals surface area contributed by atoms with E-state index in [0.717, 1.165) is 10.0 Å². The van der Waals surface area contributed by atoms with Crippen LogP contribution in [0.3, 0.4) is 0 Å². The molecule has 0 radical (unpaired) electrons. The van der Waals surface area contributed by atoms with E-state index in [-0.39, 0.29) is 23.0 Å². The quantitative estimate of drug-likeness (QED) is 0.307. The van der Waals surface area contributed by atoms with Crippen molar-refractivity contribution in [3.8, 4) is 5.75 Å². The smallest absolute Gasteiger partial charge is 0.248 e. The number of morpholine rings is 1. The highest BCUT2D eigenvalue weighted by Crippen LogP contribution is 2.27. The molecule has 4 rings (SSSR count). The van der Waals surface area contributed by atoms with Crippen LogP contribution in [0, 0.1) is 0 Å². The van der Waals surface area contributed by atoms with Gasteiger partial charge in [-0.3, -0.25) is 4.79 Å². The highest BCUT2D eigenvalue weighted by molar-refractivity contribution is 9.10. The molecule has 1 fully saturated rings. The number of sulfonamides is 1. The highest BCUT2D eigenvalue weighted by Gasteiger charge is 2.32. The van der Waals surface area contributed by atoms with Crippen molar-refractivity contribution in [3.05, 3.63) is 93.4 Å². The molecule has 1 saturated heterocycles. The van der Waals surface area contributed by atoms with Crippen LogP contribution in [0.25, 0.3) is 6.08 Å². The number of halogens is 2. The summed E-state index contributed by atoms with van der Waals surface area (Å²) in [4.78, 5) is 12.8. The summed E-state index contributed by atoms with van der Waals surface area (Å²) in [6, 6.07) is 19.1. The molecule has 0 aromatic heterocycles. The zero-order chi connectivity index (χ0) is 27.3. The minimum Gasteiger partial charge on any atom is -0.488 e. The summed E-state index contributed by atoms with van der Waals surface area (Å²) in [5.74, 6) is 0.198. The van der Waals surface area contributed by atoms with Crippen molar-refractivity contribution >= 4 is 55.2 Å². The van der Waals surface area contributed by atoms with Gasteiger partial charge in [-0.15, -0.1) is 0 Å². The van der Waals surface area contributed by atoms with Crippen LogP contribution in [-0.4, -0.2) is 43.9 Å². The summed E-state index contributed by atoms with van der Waals surface area (Å²) >= 11 is 9.68. The van der Waals surface area contributed by atoms with Gasteiger partial charge in [0.1, 0.15) is 12.4 Å². The molecule has 200 valence electrons. The number of amides is 1. The molecule has 0 bridgehead atoms. The van der Waals surface area contributed by atoms with Crippen LogP contribution in [0.1, 0.15) is 25.0 Å². The van der Waals surface area contributed by atoms with Crippen molar-refractivity contribution < 1.29 is 22.7 Å². The van der Waals surface area contributed by atoms with Crippen LogP contribution < -0.4 is 10.1 Å². The summed E-state index contributed by atoms with van der Waals surface area (Å²) in [6.07, 6.45) is 2.64. The molecular formula is C28H28BrClN2O5S. The highest BCUT2D eigenvalue weighted by atomic mass is 79.9. The van der Waals surface area contributed by atoms with Gasteiger partial charge in [-0.2, -0.15) is 4.31 Å². The molecule has 1 heterocycles. The fourth-order valence-electron chi connectivity index (χ4n) is 4.09. The minimum atomic E-state index is -3.66. The molecule has 10 heteroatoms. The number of nitrogens with zero attached hydrogens (tertiary/aromatic N) is 1. The molecule has 1 aliphatic heterocycles. The Bertz CT molecular complexity index is 1420. The van der Waals surface area contributed by atoms with Crippen molar-refractivity contribution in [2.24, 2.45) is 0 Å². The maximum atomic E-state index is 13.0. The Morgan fingerprint density at radius 2 is 1.79 bits per heavy atom. The van der Waals surface area contributed by atoms with E-state index in [0.29, 0.717) is 41.7 Å². The molecule has 0 saturated carbocycles. The topological polar surface area (TPSA) is 84.9 Å². The Morgan fingerprint density at radius 3 is 2.47 bits per heavy atom. The third-order valence-corrected chi connectivity index (χ3v) is 8.73. The Labute approximate surface area is 236 Å². The van der Waals surface area contributed by atoms with Gasteiger partial charge in [0.2, 0.25) is 15.9 Å². The number of hydrogen-bond acceptors (Lipinski definition) is 5. The summed E-state index contributed by atoms with van der Waals surface area (Å²) in [7, 11) is -3.66. The van der Waals surface area contributed by atoms with Gasteiger partial charge in [0, 0.05) is 45.5 Å². The molecule has 0 aliphatic carbocycles. The molecule has 3 aromatic rings. The zero-order valence-electron chi connectivity index (χ0n) is 20.9. The minimum absolute atomic E-state index is 0.165. The van der Waals surface area contributed by atoms with Gasteiger partial charge in [-0.05, 0) is 68.5 Å². The van der Waals surface area contributed by atoms with Crippen LogP contribution in [0.15, 0.2) is 82.2 Å². The first-order valence-corrected chi connectivity index (χ1v) is 14.6. The van der Waals surface area contributed by atoms with Gasteiger partial charge >= 0.3 is 0 Å². The predicted molar refractivity (Wildman–Crippen MR) is 153 cm³/mol. The number of carbonyl (C=O) groups is 1. The number of ether oxygens (including phenoxy) is 2. The standard InChI is InChI=1S/C28H28BrClN2O5S/c1-19-16-32(17-20(2)37-19)38(34,35)25-11-9-24(10-12-25)31-28(33)14-7-21-15-23(30)8-13-27(21)36-18-22-5-3-4-6-26(22)29/h3-15,19-20H,16-18H2,1-2H3,(H,31,33)/b14-7+. The lowest BCUT2D eigenvalue weighted by atomic mass is 10.1. The number of benzene rings is 3. The summed E-state index contributed by atoms with van der Waals surface area (Å²) in [5.41, 5.74) is 2.10. The Kier molecular flexibility index (Phi) is 9.27. The van der Waals surface area contributed by atoms with E-state index in [4.69, 9.17) is 21.1 Å². The second kappa shape index (κ2) is 12.4. The largest absolute Gasteiger partial charge is 0.488 e. The van der Waals surface area contributed by atoms with Crippen molar-refractivity contribution in [2.75, 3.05) is 18.4 Å². The van der Waals surface area contributed by atoms with Crippen molar-refractivity contribution in [1.82, 2.24) is 4.31 Å². The van der Waals surface area contributed by atoms with E-state index in [1.807, 2.05) is 38.1 Å². The molecule has 38 heavy (non-hydrogen) atoms. The molecule has 1 amide bonds. The number of rotatable bonds is 8. The molecule has 7 nitrogen and oxygen atoms in total. The van der Waals surface area contributed by atoms with Crippen molar-refractivity contribution in [2.45, 2.75) is 37.6 Å². The van der Waals surface area contributed by atoms with Gasteiger partial charge < -0.3 is 14.8 Å². The summed E-state index contributed by atoms with van der Waals surface area (Å²) in [6.45, 7) is 4.64. The van der Waals surface area contributed by atoms with E-state index in [9.17, 15) is 13.2 Å². The average Bonchev–Trinajstić information content (AvgIpc) is 2.87. The third-order valence-electron chi connectivity index (χ3n) is 5.87. The van der Waals surface area contributed by atoms with Gasteiger partial charge in [-0.25, -0.2) is 8.42 Å². The van der Waals surface area contributed by atoms with Crippen LogP contribution in [-0.2, 0) is 26.2 Å². The van der Waals surface area contributed by atoms with Gasteiger partial charge in [-0.1, -0.05) is 45.7 Å². The first-order chi connectivity index (χ1) is 18.1. The zero-order valence-corrected chi connectivity index (χ0v) is 24.1. The van der Waals surface area contributed by atoms with Crippen LogP contribution in [0.4, 0.5) is 5.69 Å². The molecule has 2 atom stereocenters. The van der Waals surface area contributed by atoms with Crippen molar-refractivity contribution in [3.63, 3.8) is 0 Å². The van der Waals surface area contributed by atoms with E-state index in [1.165, 1.54) is 22.5 Å². The molecule has 1 N–H and O–H groups in total. The van der Waals surface area contributed by atoms with E-state index >= 15 is 0 Å². The number of nitrogens with one attached hydrogen (secondary N) is 1. The summed E-state index contributed by atoms with van der Waals surface area (Å²) < 4.78 is 40.1. The average molecular weight is 620 g/mol.